The van der Waals surface area contributed by atoms with Gasteiger partial charge in [-0.1, -0.05) is 11.6 Å². The number of Topliss-reactive ketones (excluding diaryl/α,β-unsaturated/α-hetero) is 2. The number of phenolic OH excluding ortho intramolecular Hbond substituents is 1. The number of ketones is 2. The van der Waals surface area contributed by atoms with Crippen molar-refractivity contribution in [2.45, 2.75) is 29.8 Å². The van der Waals surface area contributed by atoms with Crippen LogP contribution in [0, 0.1) is 5.92 Å². The van der Waals surface area contributed by atoms with E-state index in [-0.39, 0.29) is 10.6 Å². The number of carbonyl (C=O) groups is 3. The van der Waals surface area contributed by atoms with Gasteiger partial charge in [-0.25, -0.2) is 0 Å². The lowest BCUT2D eigenvalue weighted by Gasteiger charge is -2.54. The number of fused-ring (bicyclic) bond motifs is 3. The van der Waals surface area contributed by atoms with E-state index in [1.165, 1.54) is 25.1 Å². The lowest BCUT2D eigenvalue weighted by molar-refractivity contribution is -0.171. The van der Waals surface area contributed by atoms with Crippen LogP contribution in [-0.2, 0) is 14.4 Å². The van der Waals surface area contributed by atoms with E-state index in [1.807, 2.05) is 0 Å². The molecule has 8 N–H and O–H groups in total. The number of aliphatic hydroxyl groups is 5. The molecule has 3 aliphatic carbocycles. The zero-order chi connectivity index (χ0) is 24.8. The number of hydrogen-bond donors (Lipinski definition) is 7. The molecule has 0 radical (unpaired) electrons. The Bertz CT molecular complexity index is 1210. The molecule has 1 aromatic carbocycles. The van der Waals surface area contributed by atoms with Gasteiger partial charge in [-0.3, -0.25) is 19.3 Å². The number of nitrogens with two attached hydrogens (primary N) is 1. The van der Waals surface area contributed by atoms with Gasteiger partial charge in [0.2, 0.25) is 5.78 Å². The predicted molar refractivity (Wildman–Crippen MR) is 112 cm³/mol. The minimum Gasteiger partial charge on any atom is -0.508 e. The van der Waals surface area contributed by atoms with E-state index in [9.17, 15) is 45.0 Å². The van der Waals surface area contributed by atoms with Gasteiger partial charge in [-0.05, 0) is 32.6 Å². The summed E-state index contributed by atoms with van der Waals surface area (Å²) in [5.74, 6) is -8.30. The van der Waals surface area contributed by atoms with Crippen LogP contribution < -0.4 is 5.73 Å². The van der Waals surface area contributed by atoms with E-state index < -0.39 is 87.1 Å². The Morgan fingerprint density at radius 3 is 2.33 bits per heavy atom. The number of halogens is 1. The van der Waals surface area contributed by atoms with Crippen LogP contribution in [0.15, 0.2) is 29.0 Å². The number of benzene rings is 1. The minimum atomic E-state index is -2.95. The lowest BCUT2D eigenvalue weighted by atomic mass is 9.55. The summed E-state index contributed by atoms with van der Waals surface area (Å²) in [5, 5.41) is 65.7. The maximum absolute atomic E-state index is 13.6. The van der Waals surface area contributed by atoms with Gasteiger partial charge < -0.3 is 36.4 Å². The smallest absolute Gasteiger partial charge is 0.255 e. The summed E-state index contributed by atoms with van der Waals surface area (Å²) in [6.45, 7) is 0. The monoisotopic (exact) mass is 480 g/mol. The molecule has 1 fully saturated rings. The molecule has 0 bridgehead atoms. The lowest BCUT2D eigenvalue weighted by Crippen LogP contribution is -2.69. The van der Waals surface area contributed by atoms with Crippen molar-refractivity contribution >= 4 is 34.8 Å². The Morgan fingerprint density at radius 2 is 1.79 bits per heavy atom. The number of carbonyl (C=O) groups excluding carboxylic acids is 3. The summed E-state index contributed by atoms with van der Waals surface area (Å²) < 4.78 is 0. The van der Waals surface area contributed by atoms with E-state index in [4.69, 9.17) is 17.3 Å². The molecule has 1 amide bonds. The highest BCUT2D eigenvalue weighted by Crippen LogP contribution is 2.58. The van der Waals surface area contributed by atoms with Crippen molar-refractivity contribution in [1.29, 1.82) is 0 Å². The second-order valence-electron chi connectivity index (χ2n) is 8.67. The van der Waals surface area contributed by atoms with Crippen LogP contribution in [0.4, 0.5) is 0 Å². The molecule has 4 rings (SSSR count). The second-order valence-corrected chi connectivity index (χ2v) is 9.08. The predicted octanol–water partition coefficient (Wildman–Crippen LogP) is -0.777. The Kier molecular flexibility index (Phi) is 4.94. The van der Waals surface area contributed by atoms with Gasteiger partial charge in [-0.2, -0.15) is 0 Å². The topological polar surface area (TPSA) is 202 Å². The molecule has 0 heterocycles. The molecule has 1 unspecified atom stereocenters. The maximum Gasteiger partial charge on any atom is 0.255 e. The van der Waals surface area contributed by atoms with E-state index in [0.29, 0.717) is 0 Å². The molecule has 0 aliphatic heterocycles. The number of amides is 1. The first kappa shape index (κ1) is 23.2. The first-order valence-electron chi connectivity index (χ1n) is 9.78. The van der Waals surface area contributed by atoms with Crippen molar-refractivity contribution in [3.8, 4) is 5.75 Å². The fourth-order valence-corrected chi connectivity index (χ4v) is 5.52. The van der Waals surface area contributed by atoms with Crippen LogP contribution >= 0.6 is 11.6 Å². The minimum absolute atomic E-state index is 0.134. The summed E-state index contributed by atoms with van der Waals surface area (Å²) in [5.41, 5.74) is -2.91. The molecular weight excluding hydrogens is 460 g/mol. The largest absolute Gasteiger partial charge is 0.508 e. The van der Waals surface area contributed by atoms with Crippen molar-refractivity contribution in [2.24, 2.45) is 11.7 Å². The number of phenols is 1. The number of aliphatic hydroxyl groups excluding tert-OH is 3. The van der Waals surface area contributed by atoms with Gasteiger partial charge in [-0.15, -0.1) is 0 Å². The van der Waals surface area contributed by atoms with E-state index in [0.717, 1.165) is 6.07 Å². The summed E-state index contributed by atoms with van der Waals surface area (Å²) in [6.07, 6.45) is -2.68. The Hall–Kier alpha value is -2.96. The summed E-state index contributed by atoms with van der Waals surface area (Å²) in [4.78, 5) is 39.8. The van der Waals surface area contributed by atoms with Crippen LogP contribution in [0.25, 0.3) is 5.76 Å². The average molecular weight is 481 g/mol. The standard InChI is InChI=1S/C21H21ClN2O9/c1-24(2)13-6-5-20(32)12(14(26)10-8(25)4-3-7(22)9(10)16(20)28)18(30)21(6,33)17(29)11(15(13)27)19(23)31/h3-4,6,13,16,25-26,28-29,32-33H,5H2,1-2H3,(H2,23,31)/t6-,13-,16+,20?,21+/m0/s1. The summed E-state index contributed by atoms with van der Waals surface area (Å²) >= 11 is 6.14. The molecule has 0 aromatic heterocycles. The van der Waals surface area contributed by atoms with Crippen LogP contribution in [0.1, 0.15) is 23.7 Å². The van der Waals surface area contributed by atoms with Gasteiger partial charge in [0.15, 0.2) is 11.4 Å². The number of rotatable bonds is 2. The molecule has 0 saturated heterocycles. The molecule has 5 atom stereocenters. The highest BCUT2D eigenvalue weighted by molar-refractivity contribution is 6.32. The molecule has 3 aliphatic rings. The van der Waals surface area contributed by atoms with Gasteiger partial charge in [0.25, 0.3) is 5.91 Å². The van der Waals surface area contributed by atoms with Crippen LogP contribution in [0.3, 0.4) is 0 Å². The number of likely N-dealkylation sites (N-methyl/N-ethyl adjacent to an activating group) is 1. The Labute approximate surface area is 191 Å². The molecule has 1 saturated carbocycles. The number of hydrogen-bond acceptors (Lipinski definition) is 10. The third-order valence-electron chi connectivity index (χ3n) is 6.74. The number of aromatic hydroxyl groups is 1. The second kappa shape index (κ2) is 7.02. The quantitative estimate of drug-likeness (QED) is 0.263. The van der Waals surface area contributed by atoms with Gasteiger partial charge >= 0.3 is 0 Å². The van der Waals surface area contributed by atoms with Gasteiger partial charge in [0.05, 0.1) is 17.2 Å². The number of nitrogens with zero attached hydrogens (tertiary/aromatic N) is 1. The molecule has 12 heteroatoms. The van der Waals surface area contributed by atoms with Crippen LogP contribution in [-0.4, -0.2) is 84.4 Å². The van der Waals surface area contributed by atoms with Crippen molar-refractivity contribution in [3.63, 3.8) is 0 Å². The Morgan fingerprint density at radius 1 is 1.18 bits per heavy atom. The molecular formula is C21H21ClN2O9. The maximum atomic E-state index is 13.6. The summed E-state index contributed by atoms with van der Waals surface area (Å²) in [7, 11) is 2.81. The Balaban J connectivity index is 2.09. The first-order valence-corrected chi connectivity index (χ1v) is 10.2. The number of primary amides is 1. The first-order chi connectivity index (χ1) is 15.2. The molecule has 33 heavy (non-hydrogen) atoms. The zero-order valence-electron chi connectivity index (χ0n) is 17.4. The van der Waals surface area contributed by atoms with E-state index in [1.54, 1.807) is 0 Å². The van der Waals surface area contributed by atoms with Gasteiger partial charge in [0, 0.05) is 16.5 Å². The zero-order valence-corrected chi connectivity index (χ0v) is 18.2. The SMILES string of the molecule is CN(C)[C@@H]1C(=O)C(C(N)=O)=C(O)[C@@]2(O)C(=O)C3=C(O)c4c(O)ccc(Cl)c4[C@@H](O)C3(O)C[C@@H]12. The van der Waals surface area contributed by atoms with Crippen molar-refractivity contribution in [2.75, 3.05) is 14.1 Å². The normalized spacial score (nSPS) is 33.7. The third kappa shape index (κ3) is 2.68. The van der Waals surface area contributed by atoms with Crippen molar-refractivity contribution in [3.05, 3.63) is 45.2 Å². The van der Waals surface area contributed by atoms with Crippen molar-refractivity contribution in [1.82, 2.24) is 4.90 Å². The van der Waals surface area contributed by atoms with Gasteiger partial charge in [0.1, 0.15) is 34.5 Å². The molecule has 0 spiro atoms. The molecule has 11 nitrogen and oxygen atoms in total. The fourth-order valence-electron chi connectivity index (χ4n) is 5.26. The third-order valence-corrected chi connectivity index (χ3v) is 7.07. The average Bonchev–Trinajstić information content (AvgIpc) is 2.70. The molecule has 176 valence electrons. The highest BCUT2D eigenvalue weighted by atomic mass is 35.5. The van der Waals surface area contributed by atoms with E-state index in [2.05, 4.69) is 0 Å². The highest BCUT2D eigenvalue weighted by Gasteiger charge is 2.69. The molecule has 1 aromatic rings. The van der Waals surface area contributed by atoms with Crippen LogP contribution in [0.5, 0.6) is 5.75 Å². The van der Waals surface area contributed by atoms with Crippen molar-refractivity contribution < 1.29 is 45.0 Å². The summed E-state index contributed by atoms with van der Waals surface area (Å²) in [6, 6.07) is 0.879. The van der Waals surface area contributed by atoms with Crippen LogP contribution in [0.2, 0.25) is 5.02 Å². The van der Waals surface area contributed by atoms with E-state index >= 15 is 0 Å². The fraction of sp³-hybridized carbons (Fsp3) is 0.381.